The quantitative estimate of drug-likeness (QED) is 0.463. The van der Waals surface area contributed by atoms with E-state index in [9.17, 15) is 4.39 Å². The first kappa shape index (κ1) is 18.9. The number of halogens is 3. The normalized spacial score (nSPS) is 12.3. The molecule has 0 aliphatic rings. The highest BCUT2D eigenvalue weighted by atomic mass is 19.3. The fraction of sp³-hybridized carbons (Fsp3) is 0.190. The van der Waals surface area contributed by atoms with E-state index in [0.717, 1.165) is 16.3 Å². The van der Waals surface area contributed by atoms with E-state index in [1.54, 1.807) is 32.3 Å². The predicted molar refractivity (Wildman–Crippen MR) is 105 cm³/mol. The van der Waals surface area contributed by atoms with Gasteiger partial charge in [0.2, 0.25) is 0 Å². The van der Waals surface area contributed by atoms with Gasteiger partial charge in [0.25, 0.3) is 0 Å². The zero-order valence-corrected chi connectivity index (χ0v) is 15.9. The molecule has 0 unspecified atom stereocenters. The monoisotopic (exact) mass is 397 g/mol. The van der Waals surface area contributed by atoms with E-state index in [2.05, 4.69) is 15.1 Å². The van der Waals surface area contributed by atoms with Crippen LogP contribution in [0.15, 0.2) is 59.7 Å². The molecule has 2 aromatic carbocycles. The molecule has 0 aliphatic carbocycles. The number of hydrogen-bond donors (Lipinski definition) is 0. The van der Waals surface area contributed by atoms with Crippen LogP contribution < -0.4 is 0 Å². The maximum absolute atomic E-state index is 15.6. The maximum Gasteiger partial charge on any atom is 0.346 e. The first-order chi connectivity index (χ1) is 14.0. The van der Waals surface area contributed by atoms with Crippen molar-refractivity contribution in [3.8, 4) is 5.69 Å². The molecular formula is C21H18F3N5. The van der Waals surface area contributed by atoms with Gasteiger partial charge in [0.15, 0.2) is 5.82 Å². The van der Waals surface area contributed by atoms with E-state index < -0.39 is 17.6 Å². The first-order valence-corrected chi connectivity index (χ1v) is 9.07. The SMILES string of the molecule is CCn1c(C(F)(F)c2ccnn2-c2cccc(F)c2)nc2cc(C=NC)ccc21. The largest absolute Gasteiger partial charge is 0.346 e. The third-order valence-electron chi connectivity index (χ3n) is 4.66. The molecule has 4 aromatic rings. The lowest BCUT2D eigenvalue weighted by molar-refractivity contribution is 0.0224. The summed E-state index contributed by atoms with van der Waals surface area (Å²) in [6.45, 7) is 2.10. The minimum absolute atomic E-state index is 0.213. The topological polar surface area (TPSA) is 48.0 Å². The van der Waals surface area contributed by atoms with Crippen LogP contribution in [0.1, 0.15) is 24.0 Å². The maximum atomic E-state index is 15.6. The van der Waals surface area contributed by atoms with Crippen molar-refractivity contribution in [2.24, 2.45) is 4.99 Å². The number of imidazole rings is 1. The summed E-state index contributed by atoms with van der Waals surface area (Å²) in [6.07, 6.45) is 2.91. The Morgan fingerprint density at radius 1 is 1.14 bits per heavy atom. The molecule has 0 aliphatic heterocycles. The lowest BCUT2D eigenvalue weighted by atomic mass is 10.2. The molecule has 4 rings (SSSR count). The summed E-state index contributed by atoms with van der Waals surface area (Å²) in [7, 11) is 1.64. The molecule has 2 heterocycles. The average Bonchev–Trinajstić information content (AvgIpc) is 3.33. The summed E-state index contributed by atoms with van der Waals surface area (Å²) < 4.78 is 47.4. The van der Waals surface area contributed by atoms with E-state index in [0.29, 0.717) is 17.6 Å². The summed E-state index contributed by atoms with van der Waals surface area (Å²) >= 11 is 0. The number of fused-ring (bicyclic) bond motifs is 1. The van der Waals surface area contributed by atoms with Gasteiger partial charge >= 0.3 is 5.92 Å². The highest BCUT2D eigenvalue weighted by Crippen LogP contribution is 2.37. The van der Waals surface area contributed by atoms with Crippen molar-refractivity contribution in [2.45, 2.75) is 19.4 Å². The summed E-state index contributed by atoms with van der Waals surface area (Å²) in [6, 6.07) is 11.9. The third-order valence-corrected chi connectivity index (χ3v) is 4.66. The van der Waals surface area contributed by atoms with Crippen molar-refractivity contribution in [2.75, 3.05) is 7.05 Å². The van der Waals surface area contributed by atoms with Crippen LogP contribution in [0.2, 0.25) is 0 Å². The van der Waals surface area contributed by atoms with Gasteiger partial charge in [-0.2, -0.15) is 13.9 Å². The molecule has 0 atom stereocenters. The standard InChI is InChI=1S/C21H18F3N5/c1-3-28-18-8-7-14(13-25-2)11-17(18)27-20(28)21(23,24)19-9-10-26-29(19)16-6-4-5-15(22)12-16/h4-13H,3H2,1-2H3. The van der Waals surface area contributed by atoms with Gasteiger partial charge in [-0.3, -0.25) is 4.99 Å². The molecule has 5 nitrogen and oxygen atoms in total. The summed E-state index contributed by atoms with van der Waals surface area (Å²) in [5.41, 5.74) is 1.66. The average molecular weight is 397 g/mol. The van der Waals surface area contributed by atoms with E-state index in [4.69, 9.17) is 0 Å². The second-order valence-electron chi connectivity index (χ2n) is 6.50. The fourth-order valence-electron chi connectivity index (χ4n) is 3.41. The zero-order chi connectivity index (χ0) is 20.6. The van der Waals surface area contributed by atoms with Crippen LogP contribution in [0.25, 0.3) is 16.7 Å². The molecule has 0 N–H and O–H groups in total. The predicted octanol–water partition coefficient (Wildman–Crippen LogP) is 4.57. The summed E-state index contributed by atoms with van der Waals surface area (Å²) in [4.78, 5) is 8.20. The van der Waals surface area contributed by atoms with Gasteiger partial charge in [-0.1, -0.05) is 12.1 Å². The Labute approximate surface area is 165 Å². The Kier molecular flexibility index (Phi) is 4.70. The second-order valence-corrected chi connectivity index (χ2v) is 6.50. The van der Waals surface area contributed by atoms with Gasteiger partial charge in [-0.05, 0) is 48.9 Å². The van der Waals surface area contributed by atoms with Crippen LogP contribution in [0.3, 0.4) is 0 Å². The second kappa shape index (κ2) is 7.20. The molecule has 0 fully saturated rings. The first-order valence-electron chi connectivity index (χ1n) is 9.07. The van der Waals surface area contributed by atoms with Crippen LogP contribution in [-0.4, -0.2) is 32.6 Å². The number of nitrogens with zero attached hydrogens (tertiary/aromatic N) is 5. The molecule has 0 spiro atoms. The Balaban J connectivity index is 1.88. The van der Waals surface area contributed by atoms with E-state index in [-0.39, 0.29) is 11.4 Å². The molecule has 2 aromatic heterocycles. The molecular weight excluding hydrogens is 379 g/mol. The van der Waals surface area contributed by atoms with Crippen LogP contribution in [-0.2, 0) is 12.5 Å². The number of aryl methyl sites for hydroxylation is 1. The molecule has 0 amide bonds. The van der Waals surface area contributed by atoms with E-state index in [1.165, 1.54) is 35.0 Å². The molecule has 148 valence electrons. The molecule has 0 radical (unpaired) electrons. The van der Waals surface area contributed by atoms with Crippen molar-refractivity contribution in [3.05, 3.63) is 77.6 Å². The van der Waals surface area contributed by atoms with Gasteiger partial charge in [0, 0.05) is 26.0 Å². The number of alkyl halides is 2. The third kappa shape index (κ3) is 3.20. The van der Waals surface area contributed by atoms with Crippen LogP contribution in [0.4, 0.5) is 13.2 Å². The van der Waals surface area contributed by atoms with Crippen molar-refractivity contribution in [3.63, 3.8) is 0 Å². The van der Waals surface area contributed by atoms with Gasteiger partial charge in [-0.25, -0.2) is 14.1 Å². The van der Waals surface area contributed by atoms with Crippen molar-refractivity contribution in [1.29, 1.82) is 0 Å². The van der Waals surface area contributed by atoms with Gasteiger partial charge in [0.1, 0.15) is 11.5 Å². The van der Waals surface area contributed by atoms with Crippen LogP contribution >= 0.6 is 0 Å². The summed E-state index contributed by atoms with van der Waals surface area (Å²) in [5.74, 6) is -4.37. The minimum Gasteiger partial charge on any atom is -0.323 e. The van der Waals surface area contributed by atoms with Gasteiger partial charge in [0.05, 0.1) is 16.7 Å². The Morgan fingerprint density at radius 2 is 1.97 bits per heavy atom. The Morgan fingerprint density at radius 3 is 2.69 bits per heavy atom. The summed E-state index contributed by atoms with van der Waals surface area (Å²) in [5, 5.41) is 3.98. The van der Waals surface area contributed by atoms with Gasteiger partial charge in [-0.15, -0.1) is 0 Å². The molecule has 0 saturated carbocycles. The smallest absolute Gasteiger partial charge is 0.323 e. The molecule has 29 heavy (non-hydrogen) atoms. The fourth-order valence-corrected chi connectivity index (χ4v) is 3.41. The molecule has 0 saturated heterocycles. The Hall–Kier alpha value is -3.42. The van der Waals surface area contributed by atoms with E-state index in [1.807, 2.05) is 6.07 Å². The highest BCUT2D eigenvalue weighted by molar-refractivity contribution is 5.87. The highest BCUT2D eigenvalue weighted by Gasteiger charge is 2.43. The van der Waals surface area contributed by atoms with Crippen molar-refractivity contribution >= 4 is 17.2 Å². The van der Waals surface area contributed by atoms with Crippen molar-refractivity contribution < 1.29 is 13.2 Å². The lowest BCUT2D eigenvalue weighted by Crippen LogP contribution is -2.25. The van der Waals surface area contributed by atoms with E-state index >= 15 is 8.78 Å². The van der Waals surface area contributed by atoms with Crippen LogP contribution in [0.5, 0.6) is 0 Å². The molecule has 0 bridgehead atoms. The van der Waals surface area contributed by atoms with Crippen LogP contribution in [0, 0.1) is 5.82 Å². The Bertz CT molecular complexity index is 1210. The van der Waals surface area contributed by atoms with Crippen molar-refractivity contribution in [1.82, 2.24) is 19.3 Å². The van der Waals surface area contributed by atoms with Gasteiger partial charge < -0.3 is 4.57 Å². The minimum atomic E-state index is -3.45. The number of benzene rings is 2. The molecule has 8 heteroatoms. The lowest BCUT2D eigenvalue weighted by Gasteiger charge is -2.19. The number of aliphatic imine (C=N–C) groups is 1. The number of aromatic nitrogens is 4. The zero-order valence-electron chi connectivity index (χ0n) is 15.9. The number of hydrogen-bond acceptors (Lipinski definition) is 3. The number of rotatable bonds is 5.